The lowest BCUT2D eigenvalue weighted by molar-refractivity contribution is -0.137. The third kappa shape index (κ3) is 5.54. The molecular weight excluding hydrogens is 405 g/mol. The van der Waals surface area contributed by atoms with Crippen molar-refractivity contribution in [1.82, 2.24) is 15.2 Å². The molecule has 1 saturated carbocycles. The number of nitrogens with one attached hydrogen (secondary N) is 1. The minimum absolute atomic E-state index is 0.00794. The summed E-state index contributed by atoms with van der Waals surface area (Å²) in [4.78, 5) is 20.3. The highest BCUT2D eigenvalue weighted by molar-refractivity contribution is 6.33. The summed E-state index contributed by atoms with van der Waals surface area (Å²) in [5.74, 6) is 1.50. The van der Waals surface area contributed by atoms with Gasteiger partial charge in [-0.25, -0.2) is 4.98 Å². The highest BCUT2D eigenvalue weighted by Gasteiger charge is 2.33. The van der Waals surface area contributed by atoms with Gasteiger partial charge in [0.05, 0.1) is 17.1 Å². The van der Waals surface area contributed by atoms with E-state index in [1.54, 1.807) is 0 Å². The third-order valence-electron chi connectivity index (χ3n) is 6.24. The molecule has 29 heavy (non-hydrogen) atoms. The van der Waals surface area contributed by atoms with E-state index >= 15 is 0 Å². The van der Waals surface area contributed by atoms with E-state index in [0.29, 0.717) is 50.4 Å². The highest BCUT2D eigenvalue weighted by atomic mass is 35.5. The van der Waals surface area contributed by atoms with Crippen molar-refractivity contribution in [2.75, 3.05) is 37.6 Å². The van der Waals surface area contributed by atoms with Gasteiger partial charge in [-0.05, 0) is 24.3 Å². The van der Waals surface area contributed by atoms with Crippen molar-refractivity contribution in [3.63, 3.8) is 0 Å². The number of carbonyl (C=O) groups is 1. The summed E-state index contributed by atoms with van der Waals surface area (Å²) in [6.07, 6.45) is -0.253. The molecule has 1 aromatic heterocycles. The van der Waals surface area contributed by atoms with Gasteiger partial charge in [0.1, 0.15) is 5.82 Å². The van der Waals surface area contributed by atoms with Gasteiger partial charge in [0.2, 0.25) is 5.91 Å². The van der Waals surface area contributed by atoms with E-state index in [-0.39, 0.29) is 17.0 Å². The molecule has 3 atom stereocenters. The number of hydrogen-bond donors (Lipinski definition) is 1. The largest absolute Gasteiger partial charge is 0.417 e. The molecule has 0 radical (unpaired) electrons. The van der Waals surface area contributed by atoms with Crippen LogP contribution >= 0.6 is 11.6 Å². The smallest absolute Gasteiger partial charge is 0.353 e. The molecule has 1 aliphatic carbocycles. The molecule has 2 heterocycles. The number of piperazine rings is 1. The van der Waals surface area contributed by atoms with Crippen molar-refractivity contribution in [3.8, 4) is 0 Å². The second-order valence-electron chi connectivity index (χ2n) is 8.23. The zero-order valence-electron chi connectivity index (χ0n) is 16.8. The minimum atomic E-state index is -4.46. The Kier molecular flexibility index (Phi) is 6.94. The van der Waals surface area contributed by atoms with E-state index in [0.717, 1.165) is 25.1 Å². The molecule has 0 aromatic carbocycles. The average molecular weight is 433 g/mol. The fourth-order valence-electron chi connectivity index (χ4n) is 4.18. The topological polar surface area (TPSA) is 48.5 Å². The van der Waals surface area contributed by atoms with Gasteiger partial charge in [0.25, 0.3) is 0 Å². The zero-order valence-corrected chi connectivity index (χ0v) is 17.6. The molecule has 1 aliphatic heterocycles. The van der Waals surface area contributed by atoms with Crippen LogP contribution in [-0.4, -0.2) is 54.6 Å². The van der Waals surface area contributed by atoms with Crippen molar-refractivity contribution >= 4 is 23.3 Å². The molecule has 1 saturated heterocycles. The van der Waals surface area contributed by atoms with E-state index in [9.17, 15) is 18.0 Å². The van der Waals surface area contributed by atoms with Gasteiger partial charge in [-0.2, -0.15) is 13.2 Å². The van der Waals surface area contributed by atoms with Crippen LogP contribution in [0, 0.1) is 11.8 Å². The number of anilines is 1. The number of nitrogens with zero attached hydrogens (tertiary/aromatic N) is 3. The number of rotatable bonds is 4. The van der Waals surface area contributed by atoms with Crippen LogP contribution in [-0.2, 0) is 11.0 Å². The van der Waals surface area contributed by atoms with Crippen LogP contribution in [0.1, 0.15) is 38.7 Å². The number of amides is 1. The van der Waals surface area contributed by atoms with Gasteiger partial charge in [-0.3, -0.25) is 9.69 Å². The number of alkyl halides is 3. The molecular formula is C20H28ClF3N4O. The molecule has 1 aromatic rings. The Labute approximate surface area is 174 Å². The van der Waals surface area contributed by atoms with Gasteiger partial charge in [0.15, 0.2) is 0 Å². The lowest BCUT2D eigenvalue weighted by Crippen LogP contribution is -2.52. The molecule has 5 nitrogen and oxygen atoms in total. The van der Waals surface area contributed by atoms with E-state index in [4.69, 9.17) is 11.6 Å². The number of pyridine rings is 1. The molecule has 2 fully saturated rings. The summed E-state index contributed by atoms with van der Waals surface area (Å²) in [6, 6.07) is 1.15. The fraction of sp³-hybridized carbons (Fsp3) is 0.700. The Hall–Kier alpha value is -1.54. The van der Waals surface area contributed by atoms with Crippen molar-refractivity contribution in [2.24, 2.45) is 11.8 Å². The molecule has 9 heteroatoms. The standard InChI is InChI=1S/C20H28ClF3N4O/c1-13-4-3-5-17(14(13)2)26-18(29)12-27-6-8-28(9-7-27)19-16(21)10-15(11-25-19)20(22,23)24/h10-11,13-14,17H,3-9,12H2,1-2H3,(H,26,29). The summed E-state index contributed by atoms with van der Waals surface area (Å²) >= 11 is 6.04. The number of aromatic nitrogens is 1. The molecule has 2 aliphatic rings. The summed E-state index contributed by atoms with van der Waals surface area (Å²) in [7, 11) is 0. The fourth-order valence-corrected chi connectivity index (χ4v) is 4.46. The second-order valence-corrected chi connectivity index (χ2v) is 8.64. The predicted molar refractivity (Wildman–Crippen MR) is 107 cm³/mol. The van der Waals surface area contributed by atoms with Crippen LogP contribution in [0.2, 0.25) is 5.02 Å². The number of hydrogen-bond acceptors (Lipinski definition) is 4. The molecule has 3 unspecified atom stereocenters. The quantitative estimate of drug-likeness (QED) is 0.785. The third-order valence-corrected chi connectivity index (χ3v) is 6.52. The Bertz CT molecular complexity index is 722. The molecule has 162 valence electrons. The van der Waals surface area contributed by atoms with Crippen LogP contribution in [0.25, 0.3) is 0 Å². The monoisotopic (exact) mass is 432 g/mol. The minimum Gasteiger partial charge on any atom is -0.353 e. The van der Waals surface area contributed by atoms with Gasteiger partial charge in [-0.1, -0.05) is 38.3 Å². The van der Waals surface area contributed by atoms with Crippen LogP contribution in [0.15, 0.2) is 12.3 Å². The zero-order chi connectivity index (χ0) is 21.2. The average Bonchev–Trinajstić information content (AvgIpc) is 2.65. The lowest BCUT2D eigenvalue weighted by Gasteiger charge is -2.37. The Balaban J connectivity index is 1.50. The Morgan fingerprint density at radius 3 is 2.55 bits per heavy atom. The lowest BCUT2D eigenvalue weighted by atomic mass is 9.78. The summed E-state index contributed by atoms with van der Waals surface area (Å²) < 4.78 is 38.3. The van der Waals surface area contributed by atoms with Gasteiger partial charge < -0.3 is 10.2 Å². The SMILES string of the molecule is CC1CCCC(NC(=O)CN2CCN(c3ncc(C(F)(F)F)cc3Cl)CC2)C1C. The molecule has 0 bridgehead atoms. The van der Waals surface area contributed by atoms with Crippen LogP contribution in [0.5, 0.6) is 0 Å². The van der Waals surface area contributed by atoms with Crippen molar-refractivity contribution in [2.45, 2.75) is 45.3 Å². The van der Waals surface area contributed by atoms with E-state index in [1.165, 1.54) is 6.42 Å². The number of halogens is 4. The van der Waals surface area contributed by atoms with Crippen molar-refractivity contribution in [1.29, 1.82) is 0 Å². The number of carbonyl (C=O) groups excluding carboxylic acids is 1. The van der Waals surface area contributed by atoms with E-state index in [1.807, 2.05) is 4.90 Å². The summed E-state index contributed by atoms with van der Waals surface area (Å²) in [5, 5.41) is 3.18. The first kappa shape index (κ1) is 22.2. The van der Waals surface area contributed by atoms with Gasteiger partial charge in [-0.15, -0.1) is 0 Å². The molecule has 0 spiro atoms. The van der Waals surface area contributed by atoms with E-state index < -0.39 is 11.7 Å². The first-order valence-corrected chi connectivity index (χ1v) is 10.5. The first-order valence-electron chi connectivity index (χ1n) is 10.1. The molecule has 1 amide bonds. The van der Waals surface area contributed by atoms with Crippen LogP contribution in [0.3, 0.4) is 0 Å². The summed E-state index contributed by atoms with van der Waals surface area (Å²) in [6.45, 7) is 7.15. The van der Waals surface area contributed by atoms with Crippen molar-refractivity contribution < 1.29 is 18.0 Å². The van der Waals surface area contributed by atoms with Crippen LogP contribution < -0.4 is 10.2 Å². The predicted octanol–water partition coefficient (Wildman–Crippen LogP) is 3.82. The highest BCUT2D eigenvalue weighted by Crippen LogP contribution is 2.34. The Morgan fingerprint density at radius 1 is 1.24 bits per heavy atom. The van der Waals surface area contributed by atoms with E-state index in [2.05, 4.69) is 29.0 Å². The molecule has 3 rings (SSSR count). The van der Waals surface area contributed by atoms with Gasteiger partial charge in [0, 0.05) is 38.4 Å². The summed E-state index contributed by atoms with van der Waals surface area (Å²) in [5.41, 5.74) is -0.854. The maximum Gasteiger partial charge on any atom is 0.417 e. The maximum absolute atomic E-state index is 12.8. The molecule has 1 N–H and O–H groups in total. The first-order chi connectivity index (χ1) is 13.6. The van der Waals surface area contributed by atoms with Crippen molar-refractivity contribution in [3.05, 3.63) is 22.8 Å². The Morgan fingerprint density at radius 2 is 1.93 bits per heavy atom. The second kappa shape index (κ2) is 9.08. The van der Waals surface area contributed by atoms with Gasteiger partial charge >= 0.3 is 6.18 Å². The van der Waals surface area contributed by atoms with Crippen LogP contribution in [0.4, 0.5) is 19.0 Å². The maximum atomic E-state index is 12.8. The normalized spacial score (nSPS) is 26.4.